The minimum atomic E-state index is -4.49. The largest absolute Gasteiger partial charge is 0.493 e. The average molecular weight is 594 g/mol. The zero-order valence-corrected chi connectivity index (χ0v) is 21.0. The number of amidine groups is 1. The molecule has 190 valence electrons. The number of benzene rings is 3. The van der Waals surface area contributed by atoms with E-state index in [1.54, 1.807) is 48.5 Å². The molecule has 1 heterocycles. The molecule has 0 unspecified atom stereocenters. The van der Waals surface area contributed by atoms with Crippen LogP contribution in [0.4, 0.5) is 18.9 Å². The van der Waals surface area contributed by atoms with Gasteiger partial charge in [-0.2, -0.15) is 13.2 Å². The SMILES string of the molecule is O=c1[nH]c(=O)n(-c2ccc(Br)cc2)c(O)c1C(=NCc1ccc(C(F)(F)F)cc1)Nc1ccccc1Cl. The number of aromatic hydroxyl groups is 1. The summed E-state index contributed by atoms with van der Waals surface area (Å²) in [6.45, 7) is -0.152. The van der Waals surface area contributed by atoms with Crippen LogP contribution in [0.5, 0.6) is 5.88 Å². The van der Waals surface area contributed by atoms with Crippen molar-refractivity contribution < 1.29 is 18.3 Å². The van der Waals surface area contributed by atoms with Crippen molar-refractivity contribution in [2.45, 2.75) is 12.7 Å². The van der Waals surface area contributed by atoms with Crippen molar-refractivity contribution >= 4 is 39.1 Å². The number of alkyl halides is 3. The van der Waals surface area contributed by atoms with Gasteiger partial charge in [0.15, 0.2) is 0 Å². The number of anilines is 1. The fraction of sp³-hybridized carbons (Fsp3) is 0.0800. The number of nitrogens with zero attached hydrogens (tertiary/aromatic N) is 2. The Morgan fingerprint density at radius 2 is 1.68 bits per heavy atom. The predicted octanol–water partition coefficient (Wildman–Crippen LogP) is 5.73. The lowest BCUT2D eigenvalue weighted by molar-refractivity contribution is -0.137. The Labute approximate surface area is 221 Å². The van der Waals surface area contributed by atoms with Crippen molar-refractivity contribution in [2.24, 2.45) is 4.99 Å². The molecule has 0 radical (unpaired) electrons. The summed E-state index contributed by atoms with van der Waals surface area (Å²) in [5.41, 5.74) is -1.98. The first-order valence-electron chi connectivity index (χ1n) is 10.6. The van der Waals surface area contributed by atoms with Gasteiger partial charge >= 0.3 is 11.9 Å². The third-order valence-corrected chi connectivity index (χ3v) is 6.09. The third-order valence-electron chi connectivity index (χ3n) is 5.24. The van der Waals surface area contributed by atoms with E-state index in [0.29, 0.717) is 11.3 Å². The van der Waals surface area contributed by atoms with Gasteiger partial charge in [-0.3, -0.25) is 14.8 Å². The molecule has 12 heteroatoms. The average Bonchev–Trinajstić information content (AvgIpc) is 2.84. The molecule has 7 nitrogen and oxygen atoms in total. The van der Waals surface area contributed by atoms with Crippen LogP contribution < -0.4 is 16.6 Å². The van der Waals surface area contributed by atoms with Gasteiger partial charge in [0.2, 0.25) is 5.88 Å². The second-order valence-electron chi connectivity index (χ2n) is 7.73. The highest BCUT2D eigenvalue weighted by molar-refractivity contribution is 9.10. The second-order valence-corrected chi connectivity index (χ2v) is 9.06. The number of hydrogen-bond acceptors (Lipinski definition) is 4. The third kappa shape index (κ3) is 5.95. The van der Waals surface area contributed by atoms with Crippen LogP contribution in [0.1, 0.15) is 16.7 Å². The first kappa shape index (κ1) is 26.2. The monoisotopic (exact) mass is 592 g/mol. The van der Waals surface area contributed by atoms with Gasteiger partial charge in [0.05, 0.1) is 28.5 Å². The Morgan fingerprint density at radius 1 is 1.03 bits per heavy atom. The highest BCUT2D eigenvalue weighted by atomic mass is 79.9. The number of hydrogen-bond donors (Lipinski definition) is 3. The predicted molar refractivity (Wildman–Crippen MR) is 139 cm³/mol. The lowest BCUT2D eigenvalue weighted by Gasteiger charge is -2.15. The fourth-order valence-corrected chi connectivity index (χ4v) is 3.86. The highest BCUT2D eigenvalue weighted by Crippen LogP contribution is 2.29. The molecule has 0 amide bonds. The van der Waals surface area contributed by atoms with Gasteiger partial charge in [-0.05, 0) is 54.1 Å². The molecular formula is C25H17BrClF3N4O3. The van der Waals surface area contributed by atoms with Crippen LogP contribution in [0.2, 0.25) is 5.02 Å². The summed E-state index contributed by atoms with van der Waals surface area (Å²) in [6.07, 6.45) is -4.49. The first-order valence-corrected chi connectivity index (χ1v) is 11.8. The number of para-hydroxylation sites is 1. The number of nitrogens with one attached hydrogen (secondary N) is 2. The van der Waals surface area contributed by atoms with Crippen LogP contribution in [0.25, 0.3) is 5.69 Å². The summed E-state index contributed by atoms with van der Waals surface area (Å²) in [4.78, 5) is 32.0. The molecule has 0 bridgehead atoms. The van der Waals surface area contributed by atoms with E-state index in [2.05, 4.69) is 31.2 Å². The zero-order chi connectivity index (χ0) is 26.7. The molecule has 3 N–H and O–H groups in total. The topological polar surface area (TPSA) is 99.5 Å². The lowest BCUT2D eigenvalue weighted by atomic mass is 10.1. The van der Waals surface area contributed by atoms with Crippen LogP contribution in [-0.2, 0) is 12.7 Å². The number of aromatic amines is 1. The Balaban J connectivity index is 1.83. The van der Waals surface area contributed by atoms with E-state index in [0.717, 1.165) is 21.2 Å². The van der Waals surface area contributed by atoms with Gasteiger partial charge in [0, 0.05) is 4.47 Å². The molecule has 37 heavy (non-hydrogen) atoms. The highest BCUT2D eigenvalue weighted by Gasteiger charge is 2.30. The lowest BCUT2D eigenvalue weighted by Crippen LogP contribution is -2.35. The second kappa shape index (κ2) is 10.7. The Bertz CT molecular complexity index is 1580. The number of aliphatic imine (C=N–C) groups is 1. The Hall–Kier alpha value is -3.83. The smallest absolute Gasteiger partial charge is 0.416 e. The molecule has 4 aromatic rings. The molecule has 0 saturated carbocycles. The molecule has 0 aliphatic rings. The standard InChI is InChI=1S/C25H17BrClF3N4O3/c26-16-9-11-17(12-10-16)34-23(36)20(22(35)33-24(34)37)21(32-19-4-2-1-3-18(19)27)31-13-14-5-7-15(8-6-14)25(28,29)30/h1-12,36H,13H2,(H,31,32)(H,33,35,37). The molecule has 0 spiro atoms. The van der Waals surface area contributed by atoms with Crippen LogP contribution in [-0.4, -0.2) is 20.5 Å². The Kier molecular flexibility index (Phi) is 7.55. The van der Waals surface area contributed by atoms with Crippen molar-refractivity contribution in [1.82, 2.24) is 9.55 Å². The van der Waals surface area contributed by atoms with Gasteiger partial charge in [-0.25, -0.2) is 9.36 Å². The molecule has 1 aromatic heterocycles. The van der Waals surface area contributed by atoms with Crippen molar-refractivity contribution in [3.8, 4) is 11.6 Å². The van der Waals surface area contributed by atoms with Gasteiger partial charge in [-0.15, -0.1) is 0 Å². The summed E-state index contributed by atoms with van der Waals surface area (Å²) in [5.74, 6) is -0.848. The van der Waals surface area contributed by atoms with Crippen LogP contribution in [0.3, 0.4) is 0 Å². The summed E-state index contributed by atoms with van der Waals surface area (Å²) in [5, 5.41) is 14.2. The van der Waals surface area contributed by atoms with Gasteiger partial charge in [0.1, 0.15) is 11.4 Å². The van der Waals surface area contributed by atoms with Gasteiger partial charge < -0.3 is 10.4 Å². The van der Waals surface area contributed by atoms with Gasteiger partial charge in [0.25, 0.3) is 5.56 Å². The number of H-pyrrole nitrogens is 1. The van der Waals surface area contributed by atoms with E-state index in [-0.39, 0.29) is 28.7 Å². The van der Waals surface area contributed by atoms with Crippen molar-refractivity contribution in [1.29, 1.82) is 0 Å². The van der Waals surface area contributed by atoms with Crippen molar-refractivity contribution in [2.75, 3.05) is 5.32 Å². The maximum Gasteiger partial charge on any atom is 0.416 e. The van der Waals surface area contributed by atoms with Crippen LogP contribution in [0, 0.1) is 0 Å². The molecule has 0 aliphatic carbocycles. The normalized spacial score (nSPS) is 12.0. The maximum absolute atomic E-state index is 12.9. The van der Waals surface area contributed by atoms with Crippen molar-refractivity contribution in [3.05, 3.63) is 120 Å². The molecule has 0 atom stereocenters. The fourth-order valence-electron chi connectivity index (χ4n) is 3.41. The van der Waals surface area contributed by atoms with E-state index >= 15 is 0 Å². The van der Waals surface area contributed by atoms with Crippen molar-refractivity contribution in [3.63, 3.8) is 0 Å². The molecule has 0 saturated heterocycles. The summed E-state index contributed by atoms with van der Waals surface area (Å²) >= 11 is 9.54. The van der Waals surface area contributed by atoms with E-state index < -0.39 is 28.9 Å². The quantitative estimate of drug-likeness (QED) is 0.203. The van der Waals surface area contributed by atoms with E-state index in [4.69, 9.17) is 11.6 Å². The molecule has 3 aromatic carbocycles. The molecule has 4 rings (SSSR count). The number of halogens is 5. The summed E-state index contributed by atoms with van der Waals surface area (Å²) in [6, 6.07) is 17.3. The van der Waals surface area contributed by atoms with E-state index in [9.17, 15) is 27.9 Å². The van der Waals surface area contributed by atoms with E-state index in [1.807, 2.05) is 0 Å². The number of rotatable bonds is 5. The summed E-state index contributed by atoms with van der Waals surface area (Å²) in [7, 11) is 0. The Morgan fingerprint density at radius 3 is 2.30 bits per heavy atom. The van der Waals surface area contributed by atoms with E-state index in [1.165, 1.54) is 12.1 Å². The van der Waals surface area contributed by atoms with Crippen LogP contribution >= 0.6 is 27.5 Å². The molecule has 0 fully saturated rings. The van der Waals surface area contributed by atoms with Crippen LogP contribution in [0.15, 0.2) is 91.9 Å². The molecule has 0 aliphatic heterocycles. The zero-order valence-electron chi connectivity index (χ0n) is 18.7. The van der Waals surface area contributed by atoms with Gasteiger partial charge in [-0.1, -0.05) is 51.8 Å². The summed E-state index contributed by atoms with van der Waals surface area (Å²) < 4.78 is 40.4. The first-order chi connectivity index (χ1) is 17.5. The minimum Gasteiger partial charge on any atom is -0.493 e. The molecular weight excluding hydrogens is 577 g/mol. The number of aromatic nitrogens is 2. The maximum atomic E-state index is 12.9. The minimum absolute atomic E-state index is 0.152.